The second kappa shape index (κ2) is 6.39. The van der Waals surface area contributed by atoms with Crippen LogP contribution in [0.2, 0.25) is 0 Å². The summed E-state index contributed by atoms with van der Waals surface area (Å²) in [4.78, 5) is 12.7. The maximum absolute atomic E-state index is 12.7. The zero-order chi connectivity index (χ0) is 15.5. The van der Waals surface area contributed by atoms with E-state index >= 15 is 0 Å². The molecule has 1 heterocycles. The molecule has 1 aliphatic rings. The van der Waals surface area contributed by atoms with Gasteiger partial charge in [-0.15, -0.1) is 0 Å². The number of fused-ring (bicyclic) bond motifs is 1. The number of hydrogen-bond donors (Lipinski definition) is 1. The SMILES string of the molecule is C=Cc1ccc2c(C(=O)NC3CCCCC3)cn(CC)c2c1. The van der Waals surface area contributed by atoms with Crippen molar-refractivity contribution in [1.82, 2.24) is 9.88 Å². The van der Waals surface area contributed by atoms with E-state index in [-0.39, 0.29) is 5.91 Å². The summed E-state index contributed by atoms with van der Waals surface area (Å²) >= 11 is 0. The van der Waals surface area contributed by atoms with Gasteiger partial charge in [-0.1, -0.05) is 44.1 Å². The van der Waals surface area contributed by atoms with Gasteiger partial charge in [0.15, 0.2) is 0 Å². The molecule has 0 saturated heterocycles. The van der Waals surface area contributed by atoms with Gasteiger partial charge in [-0.25, -0.2) is 0 Å². The third-order valence-corrected chi connectivity index (χ3v) is 4.67. The highest BCUT2D eigenvalue weighted by Gasteiger charge is 2.19. The van der Waals surface area contributed by atoms with E-state index < -0.39 is 0 Å². The number of nitrogens with one attached hydrogen (secondary N) is 1. The summed E-state index contributed by atoms with van der Waals surface area (Å²) in [5.41, 5.74) is 2.98. The summed E-state index contributed by atoms with van der Waals surface area (Å²) in [5.74, 6) is 0.0652. The first-order chi connectivity index (χ1) is 10.7. The Bertz CT molecular complexity index is 693. The number of carbonyl (C=O) groups excluding carboxylic acids is 1. The van der Waals surface area contributed by atoms with Crippen molar-refractivity contribution in [1.29, 1.82) is 0 Å². The van der Waals surface area contributed by atoms with Gasteiger partial charge in [0.2, 0.25) is 0 Å². The monoisotopic (exact) mass is 296 g/mol. The Balaban J connectivity index is 1.92. The Morgan fingerprint density at radius 2 is 2.14 bits per heavy atom. The molecule has 1 amide bonds. The highest BCUT2D eigenvalue weighted by atomic mass is 16.1. The maximum atomic E-state index is 12.7. The normalized spacial score (nSPS) is 15.9. The van der Waals surface area contributed by atoms with Crippen LogP contribution in [0.3, 0.4) is 0 Å². The average molecular weight is 296 g/mol. The van der Waals surface area contributed by atoms with Crippen molar-refractivity contribution in [2.45, 2.75) is 51.6 Å². The van der Waals surface area contributed by atoms with Crippen LogP contribution >= 0.6 is 0 Å². The molecule has 0 atom stereocenters. The van der Waals surface area contributed by atoms with Gasteiger partial charge >= 0.3 is 0 Å². The molecule has 0 bridgehead atoms. The van der Waals surface area contributed by atoms with Crippen LogP contribution in [0.5, 0.6) is 0 Å². The minimum Gasteiger partial charge on any atom is -0.349 e. The van der Waals surface area contributed by atoms with Crippen molar-refractivity contribution in [3.63, 3.8) is 0 Å². The predicted octanol–water partition coefficient (Wildman–Crippen LogP) is 4.37. The lowest BCUT2D eigenvalue weighted by atomic mass is 9.95. The molecule has 3 nitrogen and oxygen atoms in total. The van der Waals surface area contributed by atoms with Crippen molar-refractivity contribution in [2.75, 3.05) is 0 Å². The molecule has 3 heteroatoms. The van der Waals surface area contributed by atoms with E-state index in [4.69, 9.17) is 0 Å². The molecule has 22 heavy (non-hydrogen) atoms. The van der Waals surface area contributed by atoms with Crippen molar-refractivity contribution < 1.29 is 4.79 Å². The number of aromatic nitrogens is 1. The number of benzene rings is 1. The topological polar surface area (TPSA) is 34.0 Å². The Hall–Kier alpha value is -2.03. The molecule has 116 valence electrons. The summed E-state index contributed by atoms with van der Waals surface area (Å²) in [7, 11) is 0. The number of nitrogens with zero attached hydrogens (tertiary/aromatic N) is 1. The molecule has 0 radical (unpaired) electrons. The van der Waals surface area contributed by atoms with Crippen LogP contribution < -0.4 is 5.32 Å². The Labute approximate surface area is 132 Å². The van der Waals surface area contributed by atoms with Gasteiger partial charge in [-0.3, -0.25) is 4.79 Å². The minimum absolute atomic E-state index is 0.0652. The first kappa shape index (κ1) is 14.9. The smallest absolute Gasteiger partial charge is 0.253 e. The molecule has 0 unspecified atom stereocenters. The molecular formula is C19H24N2O. The average Bonchev–Trinajstić information content (AvgIpc) is 2.93. The molecule has 1 aliphatic carbocycles. The number of carbonyl (C=O) groups is 1. The lowest BCUT2D eigenvalue weighted by molar-refractivity contribution is 0.0929. The van der Waals surface area contributed by atoms with Crippen LogP contribution in [0.25, 0.3) is 17.0 Å². The quantitative estimate of drug-likeness (QED) is 0.893. The summed E-state index contributed by atoms with van der Waals surface area (Å²) in [6.45, 7) is 6.78. The second-order valence-electron chi connectivity index (χ2n) is 6.12. The molecule has 0 spiro atoms. The standard InChI is InChI=1S/C19H24N2O/c1-3-14-10-11-16-17(13-21(4-2)18(16)12-14)19(22)20-15-8-6-5-7-9-15/h3,10-13,15H,1,4-9H2,2H3,(H,20,22). The molecule has 2 aromatic rings. The number of rotatable bonds is 4. The Morgan fingerprint density at radius 3 is 2.82 bits per heavy atom. The Kier molecular flexibility index (Phi) is 4.32. The molecule has 1 saturated carbocycles. The minimum atomic E-state index is 0.0652. The largest absolute Gasteiger partial charge is 0.349 e. The van der Waals surface area contributed by atoms with E-state index in [1.54, 1.807) is 0 Å². The van der Waals surface area contributed by atoms with E-state index in [1.807, 2.05) is 24.4 Å². The van der Waals surface area contributed by atoms with Crippen LogP contribution in [-0.4, -0.2) is 16.5 Å². The summed E-state index contributed by atoms with van der Waals surface area (Å²) in [6, 6.07) is 6.50. The third kappa shape index (κ3) is 2.80. The fraction of sp³-hybridized carbons (Fsp3) is 0.421. The van der Waals surface area contributed by atoms with E-state index in [0.29, 0.717) is 6.04 Å². The first-order valence-corrected chi connectivity index (χ1v) is 8.29. The lowest BCUT2D eigenvalue weighted by Crippen LogP contribution is -2.36. The highest BCUT2D eigenvalue weighted by Crippen LogP contribution is 2.24. The van der Waals surface area contributed by atoms with Crippen LogP contribution in [0, 0.1) is 0 Å². The maximum Gasteiger partial charge on any atom is 0.253 e. The van der Waals surface area contributed by atoms with Crippen LogP contribution in [0.15, 0.2) is 31.0 Å². The van der Waals surface area contributed by atoms with Gasteiger partial charge in [-0.05, 0) is 31.4 Å². The molecule has 1 fully saturated rings. The third-order valence-electron chi connectivity index (χ3n) is 4.67. The molecular weight excluding hydrogens is 272 g/mol. The molecule has 1 N–H and O–H groups in total. The number of amides is 1. The van der Waals surface area contributed by atoms with E-state index in [2.05, 4.69) is 29.5 Å². The van der Waals surface area contributed by atoms with Gasteiger partial charge in [-0.2, -0.15) is 0 Å². The first-order valence-electron chi connectivity index (χ1n) is 8.29. The zero-order valence-corrected chi connectivity index (χ0v) is 13.3. The van der Waals surface area contributed by atoms with Crippen LogP contribution in [0.4, 0.5) is 0 Å². The van der Waals surface area contributed by atoms with Crippen LogP contribution in [0.1, 0.15) is 54.9 Å². The highest BCUT2D eigenvalue weighted by molar-refractivity contribution is 6.07. The summed E-state index contributed by atoms with van der Waals surface area (Å²) in [5, 5.41) is 4.25. The van der Waals surface area contributed by atoms with Gasteiger partial charge in [0, 0.05) is 29.7 Å². The van der Waals surface area contributed by atoms with Crippen LogP contribution in [-0.2, 0) is 6.54 Å². The van der Waals surface area contributed by atoms with Crippen molar-refractivity contribution >= 4 is 22.9 Å². The Morgan fingerprint density at radius 1 is 1.36 bits per heavy atom. The van der Waals surface area contributed by atoms with Crippen molar-refractivity contribution in [2.24, 2.45) is 0 Å². The fourth-order valence-corrected chi connectivity index (χ4v) is 3.39. The van der Waals surface area contributed by atoms with Gasteiger partial charge in [0.25, 0.3) is 5.91 Å². The van der Waals surface area contributed by atoms with E-state index in [1.165, 1.54) is 19.3 Å². The lowest BCUT2D eigenvalue weighted by Gasteiger charge is -2.22. The predicted molar refractivity (Wildman–Crippen MR) is 92.0 cm³/mol. The van der Waals surface area contributed by atoms with E-state index in [0.717, 1.165) is 41.4 Å². The van der Waals surface area contributed by atoms with E-state index in [9.17, 15) is 4.79 Å². The van der Waals surface area contributed by atoms with Crippen molar-refractivity contribution in [3.05, 3.63) is 42.1 Å². The summed E-state index contributed by atoms with van der Waals surface area (Å²) in [6.07, 6.45) is 9.79. The number of hydrogen-bond acceptors (Lipinski definition) is 1. The fourth-order valence-electron chi connectivity index (χ4n) is 3.39. The molecule has 0 aliphatic heterocycles. The van der Waals surface area contributed by atoms with Crippen molar-refractivity contribution in [3.8, 4) is 0 Å². The molecule has 1 aromatic carbocycles. The van der Waals surface area contributed by atoms with Gasteiger partial charge < -0.3 is 9.88 Å². The number of aryl methyl sites for hydroxylation is 1. The molecule has 3 rings (SSSR count). The summed E-state index contributed by atoms with van der Waals surface area (Å²) < 4.78 is 2.14. The zero-order valence-electron chi connectivity index (χ0n) is 13.3. The van der Waals surface area contributed by atoms with Gasteiger partial charge in [0.1, 0.15) is 0 Å². The van der Waals surface area contributed by atoms with Gasteiger partial charge in [0.05, 0.1) is 5.56 Å². The molecule has 1 aromatic heterocycles. The second-order valence-corrected chi connectivity index (χ2v) is 6.12.